The monoisotopic (exact) mass is 278 g/mol. The molecular weight excluding hydrogens is 260 g/mol. The van der Waals surface area contributed by atoms with Crippen LogP contribution in [-0.2, 0) is 0 Å². The zero-order chi connectivity index (χ0) is 15.1. The SMILES string of the molecule is CC(C)CN(CCC#N)c1nc(NN)ccc1[N+](=O)[O-]. The highest BCUT2D eigenvalue weighted by molar-refractivity contribution is 5.61. The van der Waals surface area contributed by atoms with E-state index in [1.54, 1.807) is 4.90 Å². The summed E-state index contributed by atoms with van der Waals surface area (Å²) in [6, 6.07) is 4.84. The smallest absolute Gasteiger partial charge is 0.311 e. The van der Waals surface area contributed by atoms with E-state index < -0.39 is 4.92 Å². The summed E-state index contributed by atoms with van der Waals surface area (Å²) in [4.78, 5) is 16.5. The lowest BCUT2D eigenvalue weighted by atomic mass is 10.2. The second kappa shape index (κ2) is 7.25. The van der Waals surface area contributed by atoms with Crippen molar-refractivity contribution >= 4 is 17.3 Å². The number of nitrogens with zero attached hydrogens (tertiary/aromatic N) is 4. The third-order valence-corrected chi connectivity index (χ3v) is 2.58. The van der Waals surface area contributed by atoms with Crippen molar-refractivity contribution in [3.8, 4) is 6.07 Å². The van der Waals surface area contributed by atoms with Crippen molar-refractivity contribution in [2.24, 2.45) is 11.8 Å². The van der Waals surface area contributed by atoms with Crippen molar-refractivity contribution in [2.45, 2.75) is 20.3 Å². The van der Waals surface area contributed by atoms with Gasteiger partial charge in [-0.2, -0.15) is 5.26 Å². The molecule has 8 nitrogen and oxygen atoms in total. The Bertz CT molecular complexity index is 511. The maximum atomic E-state index is 11.1. The normalized spacial score (nSPS) is 10.2. The number of hydrazine groups is 1. The van der Waals surface area contributed by atoms with Gasteiger partial charge in [0.05, 0.1) is 17.4 Å². The first-order valence-corrected chi connectivity index (χ1v) is 6.23. The number of nitrogen functional groups attached to an aromatic ring is 1. The summed E-state index contributed by atoms with van der Waals surface area (Å²) in [6.07, 6.45) is 0.270. The van der Waals surface area contributed by atoms with E-state index in [4.69, 9.17) is 11.1 Å². The van der Waals surface area contributed by atoms with Gasteiger partial charge in [-0.05, 0) is 12.0 Å². The molecule has 0 aliphatic rings. The molecule has 0 bridgehead atoms. The number of hydrogen-bond acceptors (Lipinski definition) is 7. The van der Waals surface area contributed by atoms with E-state index in [1.807, 2.05) is 19.9 Å². The third kappa shape index (κ3) is 4.07. The zero-order valence-corrected chi connectivity index (χ0v) is 11.5. The zero-order valence-electron chi connectivity index (χ0n) is 11.5. The van der Waals surface area contributed by atoms with E-state index in [0.717, 1.165) is 0 Å². The van der Waals surface area contributed by atoms with Crippen LogP contribution in [0.3, 0.4) is 0 Å². The van der Waals surface area contributed by atoms with Crippen LogP contribution in [0.2, 0.25) is 0 Å². The maximum absolute atomic E-state index is 11.1. The van der Waals surface area contributed by atoms with E-state index in [-0.39, 0.29) is 23.8 Å². The van der Waals surface area contributed by atoms with Crippen molar-refractivity contribution in [3.63, 3.8) is 0 Å². The maximum Gasteiger partial charge on any atom is 0.311 e. The van der Waals surface area contributed by atoms with Crippen molar-refractivity contribution < 1.29 is 4.92 Å². The van der Waals surface area contributed by atoms with E-state index in [1.165, 1.54) is 12.1 Å². The summed E-state index contributed by atoms with van der Waals surface area (Å²) in [5, 5.41) is 19.8. The molecule has 0 saturated heterocycles. The molecule has 0 radical (unpaired) electrons. The van der Waals surface area contributed by atoms with E-state index in [9.17, 15) is 10.1 Å². The molecule has 8 heteroatoms. The van der Waals surface area contributed by atoms with Crippen LogP contribution < -0.4 is 16.2 Å². The molecule has 0 aliphatic carbocycles. The third-order valence-electron chi connectivity index (χ3n) is 2.58. The van der Waals surface area contributed by atoms with Crippen LogP contribution in [0.4, 0.5) is 17.3 Å². The van der Waals surface area contributed by atoms with Crippen molar-refractivity contribution in [1.82, 2.24) is 4.98 Å². The fraction of sp³-hybridized carbons (Fsp3) is 0.500. The van der Waals surface area contributed by atoms with Crippen LogP contribution in [-0.4, -0.2) is 23.0 Å². The van der Waals surface area contributed by atoms with Gasteiger partial charge in [0.1, 0.15) is 5.82 Å². The van der Waals surface area contributed by atoms with E-state index in [0.29, 0.717) is 18.9 Å². The molecular formula is C12H18N6O2. The molecule has 1 rings (SSSR count). The Hall–Kier alpha value is -2.40. The standard InChI is InChI=1S/C12H18N6O2/c1-9(2)8-17(7-3-6-13)12-10(18(19)20)4-5-11(15-12)16-14/h4-5,9H,3,7-8,14H2,1-2H3,(H,15,16). The van der Waals surface area contributed by atoms with Gasteiger partial charge < -0.3 is 10.3 Å². The summed E-state index contributed by atoms with van der Waals surface area (Å²) in [7, 11) is 0. The molecule has 3 N–H and O–H groups in total. The number of nitro groups is 1. The van der Waals surface area contributed by atoms with Crippen LogP contribution in [0.1, 0.15) is 20.3 Å². The molecule has 0 spiro atoms. The number of rotatable bonds is 7. The van der Waals surface area contributed by atoms with Gasteiger partial charge in [0.2, 0.25) is 5.82 Å². The number of nitrogens with one attached hydrogen (secondary N) is 1. The van der Waals surface area contributed by atoms with Gasteiger partial charge in [-0.3, -0.25) is 10.1 Å². The number of anilines is 2. The highest BCUT2D eigenvalue weighted by Crippen LogP contribution is 2.28. The molecule has 0 unspecified atom stereocenters. The summed E-state index contributed by atoms with van der Waals surface area (Å²) in [6.45, 7) is 4.95. The largest absolute Gasteiger partial charge is 0.350 e. The van der Waals surface area contributed by atoms with Gasteiger partial charge in [-0.1, -0.05) is 13.8 Å². The average molecular weight is 278 g/mol. The Morgan fingerprint density at radius 1 is 1.60 bits per heavy atom. The molecule has 20 heavy (non-hydrogen) atoms. The van der Waals surface area contributed by atoms with E-state index in [2.05, 4.69) is 10.4 Å². The van der Waals surface area contributed by atoms with Gasteiger partial charge in [-0.15, -0.1) is 0 Å². The predicted molar refractivity (Wildman–Crippen MR) is 76.0 cm³/mol. The first-order valence-electron chi connectivity index (χ1n) is 6.23. The predicted octanol–water partition coefficient (Wildman–Crippen LogP) is 1.65. The van der Waals surface area contributed by atoms with Crippen LogP contribution in [0, 0.1) is 27.4 Å². The Labute approximate surface area is 117 Å². The lowest BCUT2D eigenvalue weighted by Gasteiger charge is -2.24. The highest BCUT2D eigenvalue weighted by atomic mass is 16.6. The summed E-state index contributed by atoms with van der Waals surface area (Å²) >= 11 is 0. The second-order valence-electron chi connectivity index (χ2n) is 4.69. The fourth-order valence-electron chi connectivity index (χ4n) is 1.81. The van der Waals surface area contributed by atoms with Gasteiger partial charge in [0.15, 0.2) is 0 Å². The lowest BCUT2D eigenvalue weighted by Crippen LogP contribution is -2.30. The Balaban J connectivity index is 3.20. The first kappa shape index (κ1) is 15.7. The minimum absolute atomic E-state index is 0.0948. The van der Waals surface area contributed by atoms with Gasteiger partial charge in [0, 0.05) is 19.2 Å². The van der Waals surface area contributed by atoms with E-state index >= 15 is 0 Å². The number of pyridine rings is 1. The molecule has 0 saturated carbocycles. The van der Waals surface area contributed by atoms with Crippen molar-refractivity contribution in [2.75, 3.05) is 23.4 Å². The highest BCUT2D eigenvalue weighted by Gasteiger charge is 2.22. The number of nitriles is 1. The Kier molecular flexibility index (Phi) is 5.68. The minimum atomic E-state index is -0.484. The van der Waals surface area contributed by atoms with Crippen LogP contribution in [0.15, 0.2) is 12.1 Å². The van der Waals surface area contributed by atoms with Crippen LogP contribution in [0.5, 0.6) is 0 Å². The average Bonchev–Trinajstić information content (AvgIpc) is 2.42. The molecule has 0 aliphatic heterocycles. The topological polar surface area (TPSA) is 121 Å². The minimum Gasteiger partial charge on any atom is -0.350 e. The summed E-state index contributed by atoms with van der Waals surface area (Å²) < 4.78 is 0. The number of nitrogens with two attached hydrogens (primary N) is 1. The molecule has 1 heterocycles. The van der Waals surface area contributed by atoms with Gasteiger partial charge in [-0.25, -0.2) is 10.8 Å². The number of hydrogen-bond donors (Lipinski definition) is 2. The van der Waals surface area contributed by atoms with Crippen LogP contribution in [0.25, 0.3) is 0 Å². The molecule has 0 amide bonds. The second-order valence-corrected chi connectivity index (χ2v) is 4.69. The van der Waals surface area contributed by atoms with Gasteiger partial charge >= 0.3 is 5.69 Å². The molecule has 1 aromatic rings. The summed E-state index contributed by atoms with van der Waals surface area (Å²) in [5.41, 5.74) is 2.28. The quantitative estimate of drug-likeness (QED) is 0.441. The molecule has 1 aromatic heterocycles. The fourth-order valence-corrected chi connectivity index (χ4v) is 1.81. The molecule has 108 valence electrons. The van der Waals surface area contributed by atoms with Crippen LogP contribution >= 0.6 is 0 Å². The Morgan fingerprint density at radius 2 is 2.30 bits per heavy atom. The number of aromatic nitrogens is 1. The van der Waals surface area contributed by atoms with Crippen molar-refractivity contribution in [1.29, 1.82) is 5.26 Å². The summed E-state index contributed by atoms with van der Waals surface area (Å²) in [5.74, 6) is 6.15. The Morgan fingerprint density at radius 3 is 2.80 bits per heavy atom. The molecule has 0 atom stereocenters. The first-order chi connectivity index (χ1) is 9.49. The van der Waals surface area contributed by atoms with Gasteiger partial charge in [0.25, 0.3) is 0 Å². The molecule has 0 fully saturated rings. The lowest BCUT2D eigenvalue weighted by molar-refractivity contribution is -0.384. The molecule has 0 aromatic carbocycles. The van der Waals surface area contributed by atoms with Crippen molar-refractivity contribution in [3.05, 3.63) is 22.2 Å².